The van der Waals surface area contributed by atoms with Crippen LogP contribution in [-0.2, 0) is 0 Å². The molecule has 0 unspecified atom stereocenters. The van der Waals surface area contributed by atoms with Crippen LogP contribution in [0.3, 0.4) is 0 Å². The van der Waals surface area contributed by atoms with Gasteiger partial charge < -0.3 is 10.2 Å². The van der Waals surface area contributed by atoms with Crippen molar-refractivity contribution in [3.63, 3.8) is 0 Å². The van der Waals surface area contributed by atoms with Crippen LogP contribution in [0.1, 0.15) is 0 Å². The number of nitrogen functional groups attached to an aromatic ring is 1. The van der Waals surface area contributed by atoms with Crippen LogP contribution in [0, 0.1) is 5.82 Å². The molecule has 19 heavy (non-hydrogen) atoms. The molecule has 0 radical (unpaired) electrons. The van der Waals surface area contributed by atoms with Gasteiger partial charge in [0.25, 0.3) is 0 Å². The van der Waals surface area contributed by atoms with Crippen molar-refractivity contribution in [1.29, 1.82) is 0 Å². The Bertz CT molecular complexity index is 722. The third kappa shape index (κ3) is 1.88. The Morgan fingerprint density at radius 3 is 2.89 bits per heavy atom. The molecular formula is C13H9ClFN3O. The second-order valence-electron chi connectivity index (χ2n) is 3.97. The van der Waals surface area contributed by atoms with E-state index in [1.807, 2.05) is 0 Å². The van der Waals surface area contributed by atoms with Gasteiger partial charge in [-0.3, -0.25) is 5.10 Å². The molecule has 0 bridgehead atoms. The van der Waals surface area contributed by atoms with Gasteiger partial charge in [-0.05, 0) is 12.1 Å². The summed E-state index contributed by atoms with van der Waals surface area (Å²) in [6.07, 6.45) is 3.05. The molecule has 0 fully saturated rings. The van der Waals surface area contributed by atoms with Gasteiger partial charge in [-0.1, -0.05) is 23.7 Å². The first-order chi connectivity index (χ1) is 9.18. The molecule has 0 amide bonds. The minimum absolute atomic E-state index is 0.0382. The van der Waals surface area contributed by atoms with Gasteiger partial charge in [-0.2, -0.15) is 5.10 Å². The summed E-state index contributed by atoms with van der Waals surface area (Å²) < 4.78 is 19.1. The Kier molecular flexibility index (Phi) is 2.76. The maximum absolute atomic E-state index is 14.1. The highest BCUT2D eigenvalue weighted by molar-refractivity contribution is 6.31. The second-order valence-corrected chi connectivity index (χ2v) is 4.38. The summed E-state index contributed by atoms with van der Waals surface area (Å²) in [4.78, 5) is 0. The van der Waals surface area contributed by atoms with Gasteiger partial charge in [0.2, 0.25) is 0 Å². The lowest BCUT2D eigenvalue weighted by atomic mass is 10.0. The maximum Gasteiger partial charge on any atom is 0.153 e. The first-order valence-corrected chi connectivity index (χ1v) is 5.87. The van der Waals surface area contributed by atoms with Crippen LogP contribution in [0.4, 0.5) is 10.2 Å². The summed E-state index contributed by atoms with van der Waals surface area (Å²) in [5.74, 6) is -0.320. The minimum atomic E-state index is -0.526. The molecule has 0 atom stereocenters. The van der Waals surface area contributed by atoms with Crippen LogP contribution >= 0.6 is 11.6 Å². The summed E-state index contributed by atoms with van der Waals surface area (Å²) in [5.41, 5.74) is 7.92. The summed E-state index contributed by atoms with van der Waals surface area (Å²) in [7, 11) is 0. The summed E-state index contributed by atoms with van der Waals surface area (Å²) >= 11 is 5.80. The molecule has 0 aliphatic carbocycles. The van der Waals surface area contributed by atoms with Crippen LogP contribution in [-0.4, -0.2) is 10.2 Å². The predicted molar refractivity (Wildman–Crippen MR) is 71.1 cm³/mol. The molecule has 3 rings (SSSR count). The van der Waals surface area contributed by atoms with Gasteiger partial charge in [0.15, 0.2) is 5.82 Å². The molecule has 4 nitrogen and oxygen atoms in total. The normalized spacial score (nSPS) is 10.8. The van der Waals surface area contributed by atoms with Crippen molar-refractivity contribution in [3.8, 4) is 22.4 Å². The van der Waals surface area contributed by atoms with Crippen molar-refractivity contribution in [2.45, 2.75) is 0 Å². The molecule has 96 valence electrons. The van der Waals surface area contributed by atoms with Gasteiger partial charge in [-0.25, -0.2) is 4.39 Å². The predicted octanol–water partition coefficient (Wildman–Crippen LogP) is 3.71. The van der Waals surface area contributed by atoms with E-state index in [4.69, 9.17) is 21.8 Å². The van der Waals surface area contributed by atoms with Crippen LogP contribution < -0.4 is 5.73 Å². The highest BCUT2D eigenvalue weighted by Gasteiger charge is 2.19. The lowest BCUT2D eigenvalue weighted by molar-refractivity contribution is 0.568. The number of aromatic nitrogens is 2. The molecular weight excluding hydrogens is 269 g/mol. The van der Waals surface area contributed by atoms with E-state index in [1.165, 1.54) is 18.6 Å². The molecule has 2 aromatic heterocycles. The van der Waals surface area contributed by atoms with E-state index in [0.717, 1.165) is 5.56 Å². The topological polar surface area (TPSA) is 67.8 Å². The number of nitrogens with one attached hydrogen (secondary N) is 1. The van der Waals surface area contributed by atoms with Gasteiger partial charge in [0.1, 0.15) is 5.82 Å². The van der Waals surface area contributed by atoms with E-state index >= 15 is 0 Å². The number of anilines is 1. The van der Waals surface area contributed by atoms with Crippen molar-refractivity contribution in [2.24, 2.45) is 0 Å². The van der Waals surface area contributed by atoms with Crippen LogP contribution in [0.2, 0.25) is 5.02 Å². The number of H-pyrrole nitrogens is 1. The smallest absolute Gasteiger partial charge is 0.153 e. The quantitative estimate of drug-likeness (QED) is 0.750. The van der Waals surface area contributed by atoms with Gasteiger partial charge in [0.05, 0.1) is 28.8 Å². The number of furan rings is 1. The van der Waals surface area contributed by atoms with Gasteiger partial charge in [-0.15, -0.1) is 0 Å². The molecule has 0 saturated heterocycles. The van der Waals surface area contributed by atoms with Crippen LogP contribution in [0.5, 0.6) is 0 Å². The molecule has 0 saturated carbocycles. The molecule has 0 aliphatic rings. The zero-order valence-corrected chi connectivity index (χ0v) is 10.4. The number of aromatic amines is 1. The Morgan fingerprint density at radius 2 is 2.16 bits per heavy atom. The van der Waals surface area contributed by atoms with E-state index in [9.17, 15) is 4.39 Å². The number of hydrogen-bond donors (Lipinski definition) is 2. The van der Waals surface area contributed by atoms with E-state index < -0.39 is 5.82 Å². The van der Waals surface area contributed by atoms with E-state index in [1.54, 1.807) is 18.2 Å². The Morgan fingerprint density at radius 1 is 1.32 bits per heavy atom. The van der Waals surface area contributed by atoms with Gasteiger partial charge in [0, 0.05) is 11.1 Å². The van der Waals surface area contributed by atoms with Crippen molar-refractivity contribution in [2.75, 3.05) is 5.73 Å². The number of nitrogens with two attached hydrogens (primary N) is 1. The van der Waals surface area contributed by atoms with Crippen molar-refractivity contribution < 1.29 is 8.81 Å². The molecule has 3 aromatic rings. The molecule has 1 aromatic carbocycles. The zero-order chi connectivity index (χ0) is 13.4. The standard InChI is InChI=1S/C13H9ClFN3O/c14-9-3-1-2-8(11(9)15)10-12(17-18-13(10)16)7-4-5-19-6-7/h1-6H,(H3,16,17,18). The Hall–Kier alpha value is -2.27. The summed E-state index contributed by atoms with van der Waals surface area (Å²) in [6.45, 7) is 0. The number of nitrogens with zero attached hydrogens (tertiary/aromatic N) is 1. The summed E-state index contributed by atoms with van der Waals surface area (Å²) in [6, 6.07) is 6.48. The molecule has 2 heterocycles. The Labute approximate surface area is 113 Å². The fourth-order valence-corrected chi connectivity index (χ4v) is 2.12. The minimum Gasteiger partial charge on any atom is -0.472 e. The number of halogens is 2. The maximum atomic E-state index is 14.1. The average molecular weight is 278 g/mol. The zero-order valence-electron chi connectivity index (χ0n) is 9.65. The lowest BCUT2D eigenvalue weighted by Crippen LogP contribution is -1.92. The molecule has 6 heteroatoms. The fourth-order valence-electron chi connectivity index (χ4n) is 1.94. The first kappa shape index (κ1) is 11.8. The van der Waals surface area contributed by atoms with E-state index in [0.29, 0.717) is 16.8 Å². The highest BCUT2D eigenvalue weighted by Crippen LogP contribution is 2.37. The summed E-state index contributed by atoms with van der Waals surface area (Å²) in [5, 5.41) is 6.74. The number of benzene rings is 1. The number of rotatable bonds is 2. The SMILES string of the molecule is Nc1n[nH]c(-c2ccoc2)c1-c1cccc(Cl)c1F. The second kappa shape index (κ2) is 4.44. The molecule has 3 N–H and O–H groups in total. The van der Waals surface area contributed by atoms with Crippen molar-refractivity contribution in [3.05, 3.63) is 47.6 Å². The molecule has 0 spiro atoms. The van der Waals surface area contributed by atoms with E-state index in [2.05, 4.69) is 10.2 Å². The first-order valence-electron chi connectivity index (χ1n) is 5.49. The van der Waals surface area contributed by atoms with E-state index in [-0.39, 0.29) is 10.8 Å². The number of hydrogen-bond acceptors (Lipinski definition) is 3. The largest absolute Gasteiger partial charge is 0.472 e. The monoisotopic (exact) mass is 277 g/mol. The molecule has 0 aliphatic heterocycles. The third-order valence-electron chi connectivity index (χ3n) is 2.83. The van der Waals surface area contributed by atoms with Crippen molar-refractivity contribution in [1.82, 2.24) is 10.2 Å². The van der Waals surface area contributed by atoms with Crippen molar-refractivity contribution >= 4 is 17.4 Å². The lowest BCUT2D eigenvalue weighted by Gasteiger charge is -2.05. The Balaban J connectivity index is 2.26. The average Bonchev–Trinajstić information content (AvgIpc) is 3.02. The fraction of sp³-hybridized carbons (Fsp3) is 0. The highest BCUT2D eigenvalue weighted by atomic mass is 35.5. The van der Waals surface area contributed by atoms with Gasteiger partial charge >= 0.3 is 0 Å². The third-order valence-corrected chi connectivity index (χ3v) is 3.12. The van der Waals surface area contributed by atoms with Crippen LogP contribution in [0.15, 0.2) is 41.2 Å². The van der Waals surface area contributed by atoms with Crippen LogP contribution in [0.25, 0.3) is 22.4 Å².